The van der Waals surface area contributed by atoms with Crippen molar-refractivity contribution in [3.8, 4) is 0 Å². The van der Waals surface area contributed by atoms with Gasteiger partial charge in [-0.15, -0.1) is 0 Å². The summed E-state index contributed by atoms with van der Waals surface area (Å²) >= 11 is 0. The molecule has 0 spiro atoms. The molecule has 2 aliphatic heterocycles. The second-order valence-electron chi connectivity index (χ2n) is 5.70. The van der Waals surface area contributed by atoms with Gasteiger partial charge in [0.25, 0.3) is 0 Å². The third kappa shape index (κ3) is 2.72. The van der Waals surface area contributed by atoms with E-state index in [4.69, 9.17) is 4.74 Å². The molecule has 108 valence electrons. The summed E-state index contributed by atoms with van der Waals surface area (Å²) in [6.07, 6.45) is 1.06. The third-order valence-corrected chi connectivity index (χ3v) is 4.16. The second kappa shape index (κ2) is 5.94. The number of hydrogen-bond donors (Lipinski definition) is 1. The van der Waals surface area contributed by atoms with Gasteiger partial charge >= 0.3 is 0 Å². The van der Waals surface area contributed by atoms with Gasteiger partial charge in [-0.25, -0.2) is 0 Å². The van der Waals surface area contributed by atoms with E-state index in [-0.39, 0.29) is 17.9 Å². The molecule has 1 N–H and O–H groups in total. The third-order valence-electron chi connectivity index (χ3n) is 4.16. The van der Waals surface area contributed by atoms with Crippen LogP contribution in [0.3, 0.4) is 0 Å². The van der Waals surface area contributed by atoms with Crippen LogP contribution in [0.15, 0.2) is 24.3 Å². The molecule has 0 aromatic heterocycles. The SMILES string of the molecule is CC1CN(C(=O)C2CNCc3ccccc32)CCCO1. The number of nitrogens with one attached hydrogen (secondary N) is 1. The highest BCUT2D eigenvalue weighted by Gasteiger charge is 2.31. The van der Waals surface area contributed by atoms with Gasteiger partial charge in [0.1, 0.15) is 0 Å². The number of rotatable bonds is 1. The molecule has 1 fully saturated rings. The van der Waals surface area contributed by atoms with Crippen molar-refractivity contribution in [2.75, 3.05) is 26.2 Å². The molecule has 2 atom stereocenters. The Hall–Kier alpha value is -1.39. The van der Waals surface area contributed by atoms with Crippen LogP contribution in [0, 0.1) is 0 Å². The lowest BCUT2D eigenvalue weighted by Crippen LogP contribution is -2.43. The van der Waals surface area contributed by atoms with Gasteiger partial charge < -0.3 is 15.0 Å². The van der Waals surface area contributed by atoms with E-state index < -0.39 is 0 Å². The Morgan fingerprint density at radius 3 is 3.15 bits per heavy atom. The van der Waals surface area contributed by atoms with Crippen molar-refractivity contribution in [2.45, 2.75) is 31.9 Å². The topological polar surface area (TPSA) is 41.6 Å². The van der Waals surface area contributed by atoms with Gasteiger partial charge in [0.2, 0.25) is 5.91 Å². The maximum absolute atomic E-state index is 12.8. The number of amides is 1. The lowest BCUT2D eigenvalue weighted by atomic mass is 9.89. The van der Waals surface area contributed by atoms with Crippen LogP contribution < -0.4 is 5.32 Å². The van der Waals surface area contributed by atoms with Crippen LogP contribution >= 0.6 is 0 Å². The average molecular weight is 274 g/mol. The molecule has 0 radical (unpaired) electrons. The largest absolute Gasteiger partial charge is 0.377 e. The molecule has 0 bridgehead atoms. The number of fused-ring (bicyclic) bond motifs is 1. The maximum atomic E-state index is 12.8. The van der Waals surface area contributed by atoms with Crippen LogP contribution in [-0.4, -0.2) is 43.2 Å². The van der Waals surface area contributed by atoms with E-state index in [1.54, 1.807) is 0 Å². The summed E-state index contributed by atoms with van der Waals surface area (Å²) in [4.78, 5) is 14.8. The van der Waals surface area contributed by atoms with Crippen LogP contribution in [-0.2, 0) is 16.1 Å². The first-order valence-corrected chi connectivity index (χ1v) is 7.44. The molecular formula is C16H22N2O2. The highest BCUT2D eigenvalue weighted by atomic mass is 16.5. The highest BCUT2D eigenvalue weighted by molar-refractivity contribution is 5.84. The summed E-state index contributed by atoms with van der Waals surface area (Å²) in [5.74, 6) is 0.187. The van der Waals surface area contributed by atoms with Crippen molar-refractivity contribution in [1.82, 2.24) is 10.2 Å². The Morgan fingerprint density at radius 1 is 1.40 bits per heavy atom. The molecule has 1 aromatic carbocycles. The predicted molar refractivity (Wildman–Crippen MR) is 77.5 cm³/mol. The second-order valence-corrected chi connectivity index (χ2v) is 5.70. The number of carbonyl (C=O) groups excluding carboxylic acids is 1. The fraction of sp³-hybridized carbons (Fsp3) is 0.562. The minimum atomic E-state index is -0.0507. The van der Waals surface area contributed by atoms with Crippen LogP contribution in [0.25, 0.3) is 0 Å². The zero-order valence-electron chi connectivity index (χ0n) is 12.0. The molecule has 20 heavy (non-hydrogen) atoms. The van der Waals surface area contributed by atoms with Crippen molar-refractivity contribution in [3.05, 3.63) is 35.4 Å². The number of ether oxygens (including phenoxy) is 1. The summed E-state index contributed by atoms with van der Waals surface area (Å²) in [6, 6.07) is 8.26. The smallest absolute Gasteiger partial charge is 0.231 e. The first kappa shape index (κ1) is 13.6. The van der Waals surface area contributed by atoms with E-state index in [9.17, 15) is 4.79 Å². The molecule has 3 rings (SSSR count). The minimum absolute atomic E-state index is 0.0507. The first-order valence-electron chi connectivity index (χ1n) is 7.44. The molecule has 2 aliphatic rings. The lowest BCUT2D eigenvalue weighted by molar-refractivity contribution is -0.133. The fourth-order valence-electron chi connectivity index (χ4n) is 3.13. The molecule has 1 amide bonds. The van der Waals surface area contributed by atoms with E-state index >= 15 is 0 Å². The first-order chi connectivity index (χ1) is 9.75. The fourth-order valence-corrected chi connectivity index (χ4v) is 3.13. The maximum Gasteiger partial charge on any atom is 0.231 e. The monoisotopic (exact) mass is 274 g/mol. The van der Waals surface area contributed by atoms with Crippen molar-refractivity contribution in [2.24, 2.45) is 0 Å². The van der Waals surface area contributed by atoms with Gasteiger partial charge in [-0.3, -0.25) is 4.79 Å². The van der Waals surface area contributed by atoms with E-state index in [1.165, 1.54) is 11.1 Å². The zero-order chi connectivity index (χ0) is 13.9. The molecule has 0 saturated carbocycles. The van der Waals surface area contributed by atoms with E-state index in [1.807, 2.05) is 24.0 Å². The van der Waals surface area contributed by atoms with Gasteiger partial charge in [-0.1, -0.05) is 24.3 Å². The van der Waals surface area contributed by atoms with Crippen LogP contribution in [0.4, 0.5) is 0 Å². The van der Waals surface area contributed by atoms with Gasteiger partial charge in [-0.05, 0) is 24.5 Å². The number of benzene rings is 1. The molecule has 4 nitrogen and oxygen atoms in total. The van der Waals surface area contributed by atoms with Gasteiger partial charge in [0.05, 0.1) is 12.0 Å². The van der Waals surface area contributed by atoms with Crippen molar-refractivity contribution in [1.29, 1.82) is 0 Å². The molecule has 1 aromatic rings. The molecule has 1 saturated heterocycles. The quantitative estimate of drug-likeness (QED) is 0.844. The van der Waals surface area contributed by atoms with E-state index in [2.05, 4.69) is 17.4 Å². The van der Waals surface area contributed by atoms with Crippen LogP contribution in [0.1, 0.15) is 30.4 Å². The summed E-state index contributed by atoms with van der Waals surface area (Å²) in [7, 11) is 0. The normalized spacial score (nSPS) is 26.8. The number of nitrogens with zero attached hydrogens (tertiary/aromatic N) is 1. The summed E-state index contributed by atoms with van der Waals surface area (Å²) < 4.78 is 5.63. The molecule has 4 heteroatoms. The molecule has 0 aliphatic carbocycles. The summed E-state index contributed by atoms with van der Waals surface area (Å²) in [5.41, 5.74) is 2.44. The van der Waals surface area contributed by atoms with Crippen molar-refractivity contribution in [3.63, 3.8) is 0 Å². The number of hydrogen-bond acceptors (Lipinski definition) is 3. The van der Waals surface area contributed by atoms with Crippen molar-refractivity contribution < 1.29 is 9.53 Å². The van der Waals surface area contributed by atoms with Crippen molar-refractivity contribution >= 4 is 5.91 Å². The Balaban J connectivity index is 1.80. The molecule has 2 unspecified atom stereocenters. The number of carbonyl (C=O) groups is 1. The van der Waals surface area contributed by atoms with E-state index in [0.29, 0.717) is 6.54 Å². The summed E-state index contributed by atoms with van der Waals surface area (Å²) in [5, 5.41) is 3.36. The van der Waals surface area contributed by atoms with Crippen LogP contribution in [0.5, 0.6) is 0 Å². The zero-order valence-corrected chi connectivity index (χ0v) is 12.0. The van der Waals surface area contributed by atoms with Gasteiger partial charge in [0.15, 0.2) is 0 Å². The molecule has 2 heterocycles. The average Bonchev–Trinajstić information content (AvgIpc) is 2.70. The van der Waals surface area contributed by atoms with Gasteiger partial charge in [0, 0.05) is 32.8 Å². The standard InChI is InChI=1S/C16H22N2O2/c1-12-11-18(7-4-8-20-12)16(19)15-10-17-9-13-5-2-3-6-14(13)15/h2-3,5-6,12,15,17H,4,7-11H2,1H3. The van der Waals surface area contributed by atoms with E-state index in [0.717, 1.165) is 32.7 Å². The molecular weight excluding hydrogens is 252 g/mol. The predicted octanol–water partition coefficient (Wildman–Crippen LogP) is 1.51. The lowest BCUT2D eigenvalue weighted by Gasteiger charge is -2.31. The minimum Gasteiger partial charge on any atom is -0.377 e. The summed E-state index contributed by atoms with van der Waals surface area (Å²) in [6.45, 7) is 5.91. The highest BCUT2D eigenvalue weighted by Crippen LogP contribution is 2.26. The Morgan fingerprint density at radius 2 is 2.25 bits per heavy atom. The Labute approximate surface area is 120 Å². The Bertz CT molecular complexity index is 489. The Kier molecular flexibility index (Phi) is 4.03. The van der Waals surface area contributed by atoms with Crippen LogP contribution in [0.2, 0.25) is 0 Å². The van der Waals surface area contributed by atoms with Gasteiger partial charge in [-0.2, -0.15) is 0 Å².